The molecule has 0 spiro atoms. The van der Waals surface area contributed by atoms with E-state index in [1.54, 1.807) is 0 Å². The molecular weight excluding hydrogens is 270 g/mol. The summed E-state index contributed by atoms with van der Waals surface area (Å²) >= 11 is 0. The number of rotatable bonds is 9. The largest absolute Gasteiger partial charge is 0.483 e. The summed E-state index contributed by atoms with van der Waals surface area (Å²) in [5.74, 6) is 0.883. The molecule has 0 bridgehead atoms. The van der Waals surface area contributed by atoms with Crippen LogP contribution in [-0.2, 0) is 9.53 Å². The number of amides is 1. The van der Waals surface area contributed by atoms with E-state index < -0.39 is 6.10 Å². The minimum atomic E-state index is -0.558. The fraction of sp³-hybridized carbons (Fsp3) is 0.562. The molecule has 0 radical (unpaired) electrons. The molecule has 5 nitrogen and oxygen atoms in total. The van der Waals surface area contributed by atoms with Gasteiger partial charge in [-0.25, -0.2) is 0 Å². The van der Waals surface area contributed by atoms with Crippen molar-refractivity contribution in [2.45, 2.75) is 32.3 Å². The first-order valence-corrected chi connectivity index (χ1v) is 7.20. The first-order chi connectivity index (χ1) is 10.0. The zero-order valence-electron chi connectivity index (χ0n) is 13.0. The Hall–Kier alpha value is -1.59. The molecule has 1 aromatic rings. The minimum absolute atomic E-state index is 0.0237. The monoisotopic (exact) mass is 295 g/mol. The van der Waals surface area contributed by atoms with Gasteiger partial charge in [0.05, 0.1) is 12.7 Å². The molecule has 0 aromatic heterocycles. The number of benzene rings is 1. The van der Waals surface area contributed by atoms with Crippen LogP contribution >= 0.6 is 0 Å². The molecule has 118 valence electrons. The smallest absolute Gasteiger partial charge is 0.257 e. The summed E-state index contributed by atoms with van der Waals surface area (Å²) in [5.41, 5.74) is 1.08. The van der Waals surface area contributed by atoms with E-state index in [1.807, 2.05) is 24.3 Å². The summed E-state index contributed by atoms with van der Waals surface area (Å²) < 4.78 is 10.4. The van der Waals surface area contributed by atoms with Crippen molar-refractivity contribution >= 4 is 5.91 Å². The first kappa shape index (κ1) is 17.5. The normalized spacial score (nSPS) is 12.2. The van der Waals surface area contributed by atoms with E-state index in [-0.39, 0.29) is 19.1 Å². The Morgan fingerprint density at radius 2 is 2.05 bits per heavy atom. The summed E-state index contributed by atoms with van der Waals surface area (Å²) in [6.45, 7) is 4.82. The lowest BCUT2D eigenvalue weighted by Crippen LogP contribution is -2.32. The minimum Gasteiger partial charge on any atom is -0.483 e. The standard InChI is InChI=1S/C16H25NO4/c1-12(2)14-6-4-5-7-15(14)21-11-16(19)17-9-8-13(18)10-20-3/h4-7,12-13,18H,8-11H2,1-3H3,(H,17,19). The number of carbonyl (C=O) groups excluding carboxylic acids is 1. The van der Waals surface area contributed by atoms with Crippen molar-refractivity contribution in [3.63, 3.8) is 0 Å². The predicted molar refractivity (Wildman–Crippen MR) is 81.5 cm³/mol. The molecule has 0 saturated heterocycles. The summed E-state index contributed by atoms with van der Waals surface area (Å²) in [7, 11) is 1.53. The highest BCUT2D eigenvalue weighted by Crippen LogP contribution is 2.25. The molecule has 1 atom stereocenters. The average Bonchev–Trinajstić information content (AvgIpc) is 2.45. The summed E-state index contributed by atoms with van der Waals surface area (Å²) in [6, 6.07) is 7.71. The molecule has 0 saturated carbocycles. The van der Waals surface area contributed by atoms with Gasteiger partial charge in [-0.3, -0.25) is 4.79 Å². The highest BCUT2D eigenvalue weighted by molar-refractivity contribution is 5.77. The lowest BCUT2D eigenvalue weighted by molar-refractivity contribution is -0.123. The van der Waals surface area contributed by atoms with Crippen molar-refractivity contribution in [2.75, 3.05) is 26.9 Å². The van der Waals surface area contributed by atoms with Crippen molar-refractivity contribution in [1.29, 1.82) is 0 Å². The average molecular weight is 295 g/mol. The Bertz CT molecular complexity index is 434. The summed E-state index contributed by atoms with van der Waals surface area (Å²) in [4.78, 5) is 11.7. The Morgan fingerprint density at radius 1 is 1.33 bits per heavy atom. The molecule has 2 N–H and O–H groups in total. The number of aliphatic hydroxyl groups is 1. The third kappa shape index (κ3) is 6.60. The van der Waals surface area contributed by atoms with Crippen LogP contribution in [0.4, 0.5) is 0 Å². The van der Waals surface area contributed by atoms with E-state index in [0.717, 1.165) is 11.3 Å². The molecule has 5 heteroatoms. The van der Waals surface area contributed by atoms with Gasteiger partial charge in [0, 0.05) is 13.7 Å². The van der Waals surface area contributed by atoms with Gasteiger partial charge in [0.15, 0.2) is 6.61 Å². The number of ether oxygens (including phenoxy) is 2. The van der Waals surface area contributed by atoms with Crippen molar-refractivity contribution in [3.8, 4) is 5.75 Å². The molecule has 0 aliphatic heterocycles. The SMILES string of the molecule is COCC(O)CCNC(=O)COc1ccccc1C(C)C. The van der Waals surface area contributed by atoms with Crippen LogP contribution < -0.4 is 10.1 Å². The number of hydrogen-bond donors (Lipinski definition) is 2. The highest BCUT2D eigenvalue weighted by atomic mass is 16.5. The second-order valence-corrected chi connectivity index (χ2v) is 5.23. The van der Waals surface area contributed by atoms with Gasteiger partial charge >= 0.3 is 0 Å². The quantitative estimate of drug-likeness (QED) is 0.727. The maximum atomic E-state index is 11.7. The van der Waals surface area contributed by atoms with Gasteiger partial charge in [-0.15, -0.1) is 0 Å². The molecule has 0 fully saturated rings. The van der Waals surface area contributed by atoms with Crippen LogP contribution in [0.1, 0.15) is 31.7 Å². The van der Waals surface area contributed by atoms with E-state index in [2.05, 4.69) is 19.2 Å². The van der Waals surface area contributed by atoms with Gasteiger partial charge in [0.1, 0.15) is 5.75 Å². The fourth-order valence-corrected chi connectivity index (χ4v) is 1.94. The van der Waals surface area contributed by atoms with Crippen molar-refractivity contribution in [3.05, 3.63) is 29.8 Å². The first-order valence-electron chi connectivity index (χ1n) is 7.20. The Balaban J connectivity index is 2.33. The van der Waals surface area contributed by atoms with E-state index in [9.17, 15) is 9.90 Å². The van der Waals surface area contributed by atoms with E-state index in [0.29, 0.717) is 18.9 Å². The van der Waals surface area contributed by atoms with Gasteiger partial charge in [0.25, 0.3) is 5.91 Å². The second-order valence-electron chi connectivity index (χ2n) is 5.23. The topological polar surface area (TPSA) is 67.8 Å². The number of hydrogen-bond acceptors (Lipinski definition) is 4. The number of carbonyl (C=O) groups is 1. The van der Waals surface area contributed by atoms with Crippen molar-refractivity contribution in [2.24, 2.45) is 0 Å². The van der Waals surface area contributed by atoms with Crippen LogP contribution in [-0.4, -0.2) is 44.0 Å². The third-order valence-electron chi connectivity index (χ3n) is 3.06. The molecule has 1 rings (SSSR count). The Kier molecular flexibility index (Phi) is 7.79. The molecular formula is C16H25NO4. The molecule has 21 heavy (non-hydrogen) atoms. The van der Waals surface area contributed by atoms with Crippen LogP contribution in [0.15, 0.2) is 24.3 Å². The highest BCUT2D eigenvalue weighted by Gasteiger charge is 2.09. The molecule has 0 aliphatic rings. The number of para-hydroxylation sites is 1. The fourth-order valence-electron chi connectivity index (χ4n) is 1.94. The van der Waals surface area contributed by atoms with Crippen LogP contribution in [0.5, 0.6) is 5.75 Å². The summed E-state index contributed by atoms with van der Waals surface area (Å²) in [5, 5.41) is 12.2. The van der Waals surface area contributed by atoms with Crippen LogP contribution in [0, 0.1) is 0 Å². The van der Waals surface area contributed by atoms with Crippen LogP contribution in [0.3, 0.4) is 0 Å². The molecule has 0 heterocycles. The van der Waals surface area contributed by atoms with Gasteiger partial charge in [0.2, 0.25) is 0 Å². The van der Waals surface area contributed by atoms with Gasteiger partial charge in [-0.1, -0.05) is 32.0 Å². The lowest BCUT2D eigenvalue weighted by Gasteiger charge is -2.14. The Labute approximate surface area is 126 Å². The van der Waals surface area contributed by atoms with Gasteiger partial charge in [-0.05, 0) is 24.0 Å². The van der Waals surface area contributed by atoms with Gasteiger partial charge in [-0.2, -0.15) is 0 Å². The van der Waals surface area contributed by atoms with Gasteiger partial charge < -0.3 is 19.9 Å². The number of methoxy groups -OCH3 is 1. The second kappa shape index (κ2) is 9.37. The van der Waals surface area contributed by atoms with Crippen molar-refractivity contribution < 1.29 is 19.4 Å². The number of aliphatic hydroxyl groups excluding tert-OH is 1. The van der Waals surface area contributed by atoms with Crippen LogP contribution in [0.2, 0.25) is 0 Å². The van der Waals surface area contributed by atoms with E-state index >= 15 is 0 Å². The zero-order valence-corrected chi connectivity index (χ0v) is 13.0. The van der Waals surface area contributed by atoms with Crippen molar-refractivity contribution in [1.82, 2.24) is 5.32 Å². The number of nitrogens with one attached hydrogen (secondary N) is 1. The summed E-state index contributed by atoms with van der Waals surface area (Å²) in [6.07, 6.45) is -0.0970. The molecule has 1 aromatic carbocycles. The molecule has 0 aliphatic carbocycles. The van der Waals surface area contributed by atoms with E-state index in [1.165, 1.54) is 7.11 Å². The zero-order chi connectivity index (χ0) is 15.7. The lowest BCUT2D eigenvalue weighted by atomic mass is 10.0. The predicted octanol–water partition coefficient (Wildman–Crippen LogP) is 1.70. The molecule has 1 unspecified atom stereocenters. The maximum absolute atomic E-state index is 11.7. The third-order valence-corrected chi connectivity index (χ3v) is 3.06. The van der Waals surface area contributed by atoms with Crippen LogP contribution in [0.25, 0.3) is 0 Å². The van der Waals surface area contributed by atoms with E-state index in [4.69, 9.17) is 9.47 Å². The maximum Gasteiger partial charge on any atom is 0.257 e. The Morgan fingerprint density at radius 3 is 2.71 bits per heavy atom. The molecule has 1 amide bonds.